The Bertz CT molecular complexity index is 1930. The summed E-state index contributed by atoms with van der Waals surface area (Å²) in [5.41, 5.74) is 16.3. The zero-order valence-electron chi connectivity index (χ0n) is 29.3. The molecule has 2 aliphatic carbocycles. The van der Waals surface area contributed by atoms with E-state index in [0.717, 1.165) is 0 Å². The first-order chi connectivity index (χ1) is 21.7. The van der Waals surface area contributed by atoms with Crippen LogP contribution in [0.3, 0.4) is 0 Å². The van der Waals surface area contributed by atoms with E-state index in [4.69, 9.17) is 0 Å². The standard InChI is InChI=1S/C45H49N/c1-42(2,3)30-22-24-32(25-23-30)46(31-16-11-10-12-17-31)40-29-39-35(33-18-13-14-20-37(33)45(39,8)9)28-36(40)34-19-15-21-38-41(34)44(6,7)27-26-43(38,4)5/h10-25,28-29H,26-27H2,1-9H3. The van der Waals surface area contributed by atoms with E-state index in [0.29, 0.717) is 0 Å². The van der Waals surface area contributed by atoms with E-state index in [1.807, 2.05) is 0 Å². The minimum absolute atomic E-state index is 0.0703. The summed E-state index contributed by atoms with van der Waals surface area (Å²) in [6.07, 6.45) is 2.38. The number of benzene rings is 5. The number of anilines is 3. The highest BCUT2D eigenvalue weighted by atomic mass is 15.1. The fraction of sp³-hybridized carbons (Fsp3) is 0.333. The van der Waals surface area contributed by atoms with E-state index < -0.39 is 0 Å². The number of fused-ring (bicyclic) bond motifs is 4. The number of rotatable bonds is 4. The summed E-state index contributed by atoms with van der Waals surface area (Å²) in [7, 11) is 0. The van der Waals surface area contributed by atoms with Crippen LogP contribution in [0, 0.1) is 0 Å². The van der Waals surface area contributed by atoms with Gasteiger partial charge in [-0.25, -0.2) is 0 Å². The van der Waals surface area contributed by atoms with Crippen LogP contribution in [-0.4, -0.2) is 0 Å². The van der Waals surface area contributed by atoms with Gasteiger partial charge in [0.15, 0.2) is 0 Å². The minimum Gasteiger partial charge on any atom is -0.310 e. The molecule has 0 amide bonds. The second-order valence-corrected chi connectivity index (χ2v) is 16.5. The zero-order chi connectivity index (χ0) is 32.6. The molecular formula is C45H49N. The normalized spacial score (nSPS) is 17.2. The molecular weight excluding hydrogens is 555 g/mol. The Morgan fingerprint density at radius 3 is 1.78 bits per heavy atom. The number of nitrogens with zero attached hydrogens (tertiary/aromatic N) is 1. The Kier molecular flexibility index (Phi) is 6.95. The lowest BCUT2D eigenvalue weighted by molar-refractivity contribution is 0.333. The van der Waals surface area contributed by atoms with Crippen LogP contribution in [-0.2, 0) is 21.7 Å². The monoisotopic (exact) mass is 603 g/mol. The first-order valence-corrected chi connectivity index (χ1v) is 17.1. The van der Waals surface area contributed by atoms with Crippen molar-refractivity contribution in [1.82, 2.24) is 0 Å². The number of para-hydroxylation sites is 1. The van der Waals surface area contributed by atoms with Crippen LogP contribution in [0.15, 0.2) is 109 Å². The average molecular weight is 604 g/mol. The van der Waals surface area contributed by atoms with Gasteiger partial charge in [0, 0.05) is 22.4 Å². The summed E-state index contributed by atoms with van der Waals surface area (Å²) < 4.78 is 0. The highest BCUT2D eigenvalue weighted by molar-refractivity contribution is 5.95. The molecule has 0 fully saturated rings. The summed E-state index contributed by atoms with van der Waals surface area (Å²) in [4.78, 5) is 2.50. The van der Waals surface area contributed by atoms with E-state index >= 15 is 0 Å². The van der Waals surface area contributed by atoms with Gasteiger partial charge in [-0.05, 0) is 110 Å². The van der Waals surface area contributed by atoms with E-state index in [1.54, 1.807) is 0 Å². The lowest BCUT2D eigenvalue weighted by Gasteiger charge is -2.43. The van der Waals surface area contributed by atoms with Gasteiger partial charge >= 0.3 is 0 Å². The predicted octanol–water partition coefficient (Wildman–Crippen LogP) is 12.8. The fourth-order valence-corrected chi connectivity index (χ4v) is 8.21. The molecule has 0 atom stereocenters. The van der Waals surface area contributed by atoms with Gasteiger partial charge in [-0.1, -0.05) is 135 Å². The molecule has 234 valence electrons. The van der Waals surface area contributed by atoms with Crippen LogP contribution < -0.4 is 4.90 Å². The molecule has 5 aromatic rings. The average Bonchev–Trinajstić information content (AvgIpc) is 3.25. The smallest absolute Gasteiger partial charge is 0.0543 e. The highest BCUT2D eigenvalue weighted by Gasteiger charge is 2.41. The van der Waals surface area contributed by atoms with Crippen LogP contribution in [0.4, 0.5) is 17.1 Å². The molecule has 7 rings (SSSR count). The van der Waals surface area contributed by atoms with Crippen molar-refractivity contribution in [3.63, 3.8) is 0 Å². The molecule has 1 heteroatoms. The summed E-state index contributed by atoms with van der Waals surface area (Å²) in [5.74, 6) is 0. The lowest BCUT2D eigenvalue weighted by Crippen LogP contribution is -2.34. The van der Waals surface area contributed by atoms with E-state index in [-0.39, 0.29) is 21.7 Å². The third kappa shape index (κ3) is 4.82. The maximum atomic E-state index is 2.53. The van der Waals surface area contributed by atoms with Crippen molar-refractivity contribution in [1.29, 1.82) is 0 Å². The molecule has 0 aromatic heterocycles. The summed E-state index contributed by atoms with van der Waals surface area (Å²) in [6.45, 7) is 21.4. The largest absolute Gasteiger partial charge is 0.310 e. The van der Waals surface area contributed by atoms with Gasteiger partial charge in [0.25, 0.3) is 0 Å². The van der Waals surface area contributed by atoms with Crippen LogP contribution >= 0.6 is 0 Å². The maximum Gasteiger partial charge on any atom is 0.0543 e. The van der Waals surface area contributed by atoms with Crippen molar-refractivity contribution < 1.29 is 0 Å². The molecule has 2 aliphatic rings. The van der Waals surface area contributed by atoms with Crippen molar-refractivity contribution in [3.05, 3.63) is 137 Å². The molecule has 0 aliphatic heterocycles. The van der Waals surface area contributed by atoms with Crippen molar-refractivity contribution in [2.75, 3.05) is 4.90 Å². The van der Waals surface area contributed by atoms with E-state index in [9.17, 15) is 0 Å². The van der Waals surface area contributed by atoms with Crippen LogP contribution in [0.1, 0.15) is 103 Å². The zero-order valence-corrected chi connectivity index (χ0v) is 29.3. The van der Waals surface area contributed by atoms with E-state index in [1.165, 1.54) is 80.0 Å². The van der Waals surface area contributed by atoms with Gasteiger partial charge in [-0.2, -0.15) is 0 Å². The summed E-state index contributed by atoms with van der Waals surface area (Å²) in [6, 6.07) is 41.4. The van der Waals surface area contributed by atoms with E-state index in [2.05, 4.69) is 176 Å². The number of hydrogen-bond donors (Lipinski definition) is 0. The minimum atomic E-state index is -0.102. The van der Waals surface area contributed by atoms with Gasteiger partial charge in [0.05, 0.1) is 5.69 Å². The quantitative estimate of drug-likeness (QED) is 0.197. The lowest BCUT2D eigenvalue weighted by atomic mass is 9.61. The van der Waals surface area contributed by atoms with Gasteiger partial charge in [0.1, 0.15) is 0 Å². The molecule has 46 heavy (non-hydrogen) atoms. The molecule has 0 saturated carbocycles. The Hall–Kier alpha value is -4.10. The molecule has 0 spiro atoms. The van der Waals surface area contributed by atoms with Crippen molar-refractivity contribution in [3.8, 4) is 22.3 Å². The predicted molar refractivity (Wildman–Crippen MR) is 198 cm³/mol. The Labute approximate surface area is 277 Å². The van der Waals surface area contributed by atoms with Gasteiger partial charge in [0.2, 0.25) is 0 Å². The Morgan fingerprint density at radius 1 is 0.500 bits per heavy atom. The molecule has 0 radical (unpaired) electrons. The molecule has 1 nitrogen and oxygen atoms in total. The second kappa shape index (κ2) is 10.5. The molecule has 0 N–H and O–H groups in total. The molecule has 5 aromatic carbocycles. The maximum absolute atomic E-state index is 2.53. The third-order valence-electron chi connectivity index (χ3n) is 11.1. The van der Waals surface area contributed by atoms with Crippen molar-refractivity contribution in [2.24, 2.45) is 0 Å². The van der Waals surface area contributed by atoms with Crippen LogP contribution in [0.2, 0.25) is 0 Å². The van der Waals surface area contributed by atoms with Crippen molar-refractivity contribution >= 4 is 17.1 Å². The third-order valence-corrected chi connectivity index (χ3v) is 11.1. The molecule has 0 bridgehead atoms. The van der Waals surface area contributed by atoms with Gasteiger partial charge in [-0.15, -0.1) is 0 Å². The summed E-state index contributed by atoms with van der Waals surface area (Å²) in [5, 5.41) is 0. The van der Waals surface area contributed by atoms with Gasteiger partial charge in [-0.3, -0.25) is 0 Å². The van der Waals surface area contributed by atoms with Crippen molar-refractivity contribution in [2.45, 2.75) is 96.8 Å². The SMILES string of the molecule is CC(C)(C)c1ccc(N(c2ccccc2)c2cc3c(cc2-c2cccc4c2C(C)(C)CCC4(C)C)-c2ccccc2C3(C)C)cc1. The van der Waals surface area contributed by atoms with Gasteiger partial charge < -0.3 is 4.90 Å². The summed E-state index contributed by atoms with van der Waals surface area (Å²) >= 11 is 0. The fourth-order valence-electron chi connectivity index (χ4n) is 8.21. The first kappa shape index (κ1) is 30.5. The highest BCUT2D eigenvalue weighted by Crippen LogP contribution is 2.56. The molecule has 0 unspecified atom stereocenters. The number of hydrogen-bond acceptors (Lipinski definition) is 1. The Balaban J connectivity index is 1.58. The molecule has 0 heterocycles. The van der Waals surface area contributed by atoms with Crippen LogP contribution in [0.25, 0.3) is 22.3 Å². The first-order valence-electron chi connectivity index (χ1n) is 17.1. The Morgan fingerprint density at radius 2 is 1.09 bits per heavy atom. The topological polar surface area (TPSA) is 3.24 Å². The second-order valence-electron chi connectivity index (χ2n) is 16.5. The molecule has 0 saturated heterocycles. The van der Waals surface area contributed by atoms with Crippen LogP contribution in [0.5, 0.6) is 0 Å².